The monoisotopic (exact) mass is 350 g/mol. The van der Waals surface area contributed by atoms with Crippen molar-refractivity contribution in [1.82, 2.24) is 14.5 Å². The van der Waals surface area contributed by atoms with Crippen LogP contribution in [0, 0.1) is 6.92 Å². The highest BCUT2D eigenvalue weighted by Gasteiger charge is 2.09. The average molecular weight is 350 g/mol. The summed E-state index contributed by atoms with van der Waals surface area (Å²) in [5, 5.41) is 4.30. The number of amides is 1. The molecule has 0 saturated heterocycles. The molecular formula is C18H14N4O2S. The summed E-state index contributed by atoms with van der Waals surface area (Å²) in [6, 6.07) is 12.6. The van der Waals surface area contributed by atoms with Crippen LogP contribution in [0.1, 0.15) is 5.01 Å². The van der Waals surface area contributed by atoms with Crippen molar-refractivity contribution >= 4 is 44.1 Å². The molecule has 124 valence electrons. The summed E-state index contributed by atoms with van der Waals surface area (Å²) in [4.78, 5) is 33.3. The number of nitrogens with one attached hydrogen (secondary N) is 1. The molecule has 0 aliphatic heterocycles. The predicted molar refractivity (Wildman–Crippen MR) is 99.0 cm³/mol. The first kappa shape index (κ1) is 15.5. The van der Waals surface area contributed by atoms with Crippen LogP contribution in [0.3, 0.4) is 0 Å². The van der Waals surface area contributed by atoms with Gasteiger partial charge in [-0.15, -0.1) is 11.3 Å². The topological polar surface area (TPSA) is 76.9 Å². The number of aryl methyl sites for hydroxylation is 1. The molecule has 25 heavy (non-hydrogen) atoms. The van der Waals surface area contributed by atoms with Gasteiger partial charge in [-0.1, -0.05) is 12.1 Å². The number of nitrogens with zero attached hydrogens (tertiary/aromatic N) is 3. The average Bonchev–Trinajstić information content (AvgIpc) is 2.97. The van der Waals surface area contributed by atoms with E-state index in [1.165, 1.54) is 10.9 Å². The lowest BCUT2D eigenvalue weighted by Gasteiger charge is -2.08. The lowest BCUT2D eigenvalue weighted by molar-refractivity contribution is -0.116. The van der Waals surface area contributed by atoms with Gasteiger partial charge in [-0.25, -0.2) is 9.97 Å². The van der Waals surface area contributed by atoms with Crippen molar-refractivity contribution in [2.45, 2.75) is 13.5 Å². The molecule has 7 heteroatoms. The van der Waals surface area contributed by atoms with Crippen molar-refractivity contribution in [3.05, 3.63) is 64.2 Å². The minimum atomic E-state index is -0.278. The van der Waals surface area contributed by atoms with Crippen LogP contribution in [-0.4, -0.2) is 20.4 Å². The molecule has 0 saturated carbocycles. The maximum atomic E-state index is 12.4. The fraction of sp³-hybridized carbons (Fsp3) is 0.111. The number of benzene rings is 2. The first-order valence-electron chi connectivity index (χ1n) is 7.71. The van der Waals surface area contributed by atoms with Crippen LogP contribution in [0.2, 0.25) is 0 Å². The smallest absolute Gasteiger partial charge is 0.261 e. The fourth-order valence-electron chi connectivity index (χ4n) is 2.69. The van der Waals surface area contributed by atoms with Crippen LogP contribution in [0.25, 0.3) is 21.1 Å². The summed E-state index contributed by atoms with van der Waals surface area (Å²) in [6.45, 7) is 1.86. The van der Waals surface area contributed by atoms with Crippen molar-refractivity contribution < 1.29 is 4.79 Å². The van der Waals surface area contributed by atoms with Crippen molar-refractivity contribution in [2.75, 3.05) is 5.32 Å². The number of carbonyl (C=O) groups is 1. The fourth-order valence-corrected chi connectivity index (χ4v) is 3.56. The number of aromatic nitrogens is 3. The molecule has 2 heterocycles. The molecule has 2 aromatic heterocycles. The highest BCUT2D eigenvalue weighted by atomic mass is 32.1. The lowest BCUT2D eigenvalue weighted by atomic mass is 10.2. The summed E-state index contributed by atoms with van der Waals surface area (Å²) in [5.74, 6) is -0.278. The molecule has 6 nitrogen and oxygen atoms in total. The van der Waals surface area contributed by atoms with Crippen LogP contribution in [0.4, 0.5) is 5.69 Å². The van der Waals surface area contributed by atoms with Crippen LogP contribution < -0.4 is 10.9 Å². The number of rotatable bonds is 3. The quantitative estimate of drug-likeness (QED) is 0.616. The molecule has 2 aromatic carbocycles. The standard InChI is InChI=1S/C18H14N4O2S/c1-11-20-15-7-6-12(8-16(15)25-11)21-17(23)9-22-10-19-14-5-3-2-4-13(14)18(22)24/h2-8,10H,9H2,1H3,(H,21,23). The third kappa shape index (κ3) is 3.01. The molecule has 0 atom stereocenters. The van der Waals surface area contributed by atoms with E-state index in [1.807, 2.05) is 25.1 Å². The van der Waals surface area contributed by atoms with Crippen LogP contribution >= 0.6 is 11.3 Å². The number of hydrogen-bond donors (Lipinski definition) is 1. The molecule has 4 rings (SSSR count). The Morgan fingerprint density at radius 3 is 2.92 bits per heavy atom. The molecule has 0 aliphatic carbocycles. The summed E-state index contributed by atoms with van der Waals surface area (Å²) in [6.07, 6.45) is 1.40. The maximum absolute atomic E-state index is 12.4. The van der Waals surface area contributed by atoms with Crippen molar-refractivity contribution in [2.24, 2.45) is 0 Å². The van der Waals surface area contributed by atoms with E-state index in [4.69, 9.17) is 0 Å². The zero-order chi connectivity index (χ0) is 17.4. The largest absolute Gasteiger partial charge is 0.324 e. The van der Waals surface area contributed by atoms with E-state index in [0.717, 1.165) is 15.2 Å². The van der Waals surface area contributed by atoms with Crippen LogP contribution in [0.5, 0.6) is 0 Å². The van der Waals surface area contributed by atoms with Gasteiger partial charge in [0.05, 0.1) is 32.5 Å². The first-order valence-corrected chi connectivity index (χ1v) is 8.53. The van der Waals surface area contributed by atoms with Gasteiger partial charge >= 0.3 is 0 Å². The van der Waals surface area contributed by atoms with Gasteiger partial charge in [-0.05, 0) is 37.3 Å². The van der Waals surface area contributed by atoms with Gasteiger partial charge in [0.1, 0.15) is 6.54 Å². The van der Waals surface area contributed by atoms with Gasteiger partial charge in [0, 0.05) is 5.69 Å². The summed E-state index contributed by atoms with van der Waals surface area (Å²) in [5.41, 5.74) is 1.99. The van der Waals surface area contributed by atoms with Gasteiger partial charge in [0.2, 0.25) is 5.91 Å². The summed E-state index contributed by atoms with van der Waals surface area (Å²) >= 11 is 1.57. The molecule has 0 bridgehead atoms. The number of para-hydroxylation sites is 1. The van der Waals surface area contributed by atoms with E-state index in [0.29, 0.717) is 16.6 Å². The number of hydrogen-bond acceptors (Lipinski definition) is 5. The third-order valence-corrected chi connectivity index (χ3v) is 4.76. The van der Waals surface area contributed by atoms with Crippen LogP contribution in [-0.2, 0) is 11.3 Å². The minimum Gasteiger partial charge on any atom is -0.324 e. The van der Waals surface area contributed by atoms with Gasteiger partial charge in [-0.2, -0.15) is 0 Å². The van der Waals surface area contributed by atoms with Gasteiger partial charge in [0.25, 0.3) is 5.56 Å². The molecule has 1 N–H and O–H groups in total. The van der Waals surface area contributed by atoms with E-state index in [2.05, 4.69) is 15.3 Å². The molecule has 0 aliphatic rings. The van der Waals surface area contributed by atoms with Crippen molar-refractivity contribution in [3.8, 4) is 0 Å². The zero-order valence-corrected chi connectivity index (χ0v) is 14.2. The molecule has 0 spiro atoms. The first-order chi connectivity index (χ1) is 12.1. The van der Waals surface area contributed by atoms with E-state index in [1.54, 1.807) is 35.6 Å². The van der Waals surface area contributed by atoms with Crippen LogP contribution in [0.15, 0.2) is 53.6 Å². The van der Waals surface area contributed by atoms with Gasteiger partial charge in [0.15, 0.2) is 0 Å². The predicted octanol–water partition coefficient (Wildman–Crippen LogP) is 2.95. The number of fused-ring (bicyclic) bond motifs is 2. The maximum Gasteiger partial charge on any atom is 0.261 e. The zero-order valence-electron chi connectivity index (χ0n) is 13.4. The number of carbonyl (C=O) groups excluding carboxylic acids is 1. The van der Waals surface area contributed by atoms with E-state index in [-0.39, 0.29) is 18.0 Å². The van der Waals surface area contributed by atoms with Crippen molar-refractivity contribution in [1.29, 1.82) is 0 Å². The second kappa shape index (κ2) is 6.10. The Morgan fingerprint density at radius 1 is 1.20 bits per heavy atom. The molecule has 0 fully saturated rings. The Morgan fingerprint density at radius 2 is 2.04 bits per heavy atom. The van der Waals surface area contributed by atoms with E-state index in [9.17, 15) is 9.59 Å². The Hall–Kier alpha value is -3.06. The highest BCUT2D eigenvalue weighted by Crippen LogP contribution is 2.24. The molecule has 0 radical (unpaired) electrons. The van der Waals surface area contributed by atoms with Gasteiger partial charge < -0.3 is 5.32 Å². The lowest BCUT2D eigenvalue weighted by Crippen LogP contribution is -2.27. The normalized spacial score (nSPS) is 11.1. The second-order valence-electron chi connectivity index (χ2n) is 5.66. The summed E-state index contributed by atoms with van der Waals surface area (Å²) < 4.78 is 2.33. The highest BCUT2D eigenvalue weighted by molar-refractivity contribution is 7.18. The molecule has 0 unspecified atom stereocenters. The number of thiazole rings is 1. The molecular weight excluding hydrogens is 336 g/mol. The van der Waals surface area contributed by atoms with Crippen molar-refractivity contribution in [3.63, 3.8) is 0 Å². The molecule has 4 aromatic rings. The Balaban J connectivity index is 1.57. The van der Waals surface area contributed by atoms with Gasteiger partial charge in [-0.3, -0.25) is 14.2 Å². The number of anilines is 1. The summed E-state index contributed by atoms with van der Waals surface area (Å²) in [7, 11) is 0. The van der Waals surface area contributed by atoms with E-state index < -0.39 is 0 Å². The minimum absolute atomic E-state index is 0.0869. The Kier molecular flexibility index (Phi) is 3.77. The molecule has 1 amide bonds. The Labute approximate surface area is 146 Å². The SMILES string of the molecule is Cc1nc2ccc(NC(=O)Cn3cnc4ccccc4c3=O)cc2s1. The Bertz CT molecular complexity index is 1160. The third-order valence-electron chi connectivity index (χ3n) is 3.82. The van der Waals surface area contributed by atoms with E-state index >= 15 is 0 Å². The second-order valence-corrected chi connectivity index (χ2v) is 6.89.